The molecule has 4 aromatic rings. The van der Waals surface area contributed by atoms with Crippen LogP contribution in [0, 0.1) is 0 Å². The molecule has 0 aliphatic heterocycles. The first-order valence-corrected chi connectivity index (χ1v) is 14.8. The van der Waals surface area contributed by atoms with Crippen LogP contribution < -0.4 is 10.1 Å². The summed E-state index contributed by atoms with van der Waals surface area (Å²) >= 11 is 5.94. The van der Waals surface area contributed by atoms with Crippen molar-refractivity contribution in [3.8, 4) is 11.5 Å². The third-order valence-electron chi connectivity index (χ3n) is 5.79. The third kappa shape index (κ3) is 10.0. The van der Waals surface area contributed by atoms with Gasteiger partial charge in [0.25, 0.3) is 0 Å². The Balaban J connectivity index is 1.26. The number of rotatable bonds is 14. The molecule has 0 aliphatic carbocycles. The number of amides is 1. The molecule has 1 amide bonds. The number of nitrogens with one attached hydrogen (secondary N) is 1. The Morgan fingerprint density at radius 1 is 0.718 bits per heavy atom. The second kappa shape index (κ2) is 14.7. The van der Waals surface area contributed by atoms with E-state index in [2.05, 4.69) is 5.32 Å². The molecule has 0 saturated carbocycles. The molecule has 0 bridgehead atoms. The van der Waals surface area contributed by atoms with Gasteiger partial charge in [0, 0.05) is 11.6 Å². The fourth-order valence-electron chi connectivity index (χ4n) is 3.78. The molecular formula is C31H31ClNO5P. The molecule has 6 nitrogen and oxygen atoms in total. The summed E-state index contributed by atoms with van der Waals surface area (Å²) in [6.07, 6.45) is 1.10. The quantitative estimate of drug-likeness (QED) is 0.125. The molecule has 4 aromatic carbocycles. The van der Waals surface area contributed by atoms with Crippen LogP contribution in [0.3, 0.4) is 0 Å². The number of halogens is 1. The Bertz CT molecular complexity index is 1320. The molecule has 202 valence electrons. The highest BCUT2D eigenvalue weighted by Gasteiger charge is 2.29. The van der Waals surface area contributed by atoms with E-state index in [-0.39, 0.29) is 25.3 Å². The number of benzene rings is 4. The van der Waals surface area contributed by atoms with Crippen molar-refractivity contribution in [1.82, 2.24) is 5.32 Å². The minimum atomic E-state index is -3.69. The van der Waals surface area contributed by atoms with E-state index in [1.165, 1.54) is 0 Å². The lowest BCUT2D eigenvalue weighted by atomic mass is 10.1. The minimum absolute atomic E-state index is 0.0919. The molecule has 0 radical (unpaired) electrons. The molecule has 4 rings (SSSR count). The van der Waals surface area contributed by atoms with Gasteiger partial charge in [-0.2, -0.15) is 0 Å². The lowest BCUT2D eigenvalue weighted by Gasteiger charge is -2.19. The average molecular weight is 564 g/mol. The minimum Gasteiger partial charge on any atom is -0.457 e. The summed E-state index contributed by atoms with van der Waals surface area (Å²) in [7, 11) is -3.69. The van der Waals surface area contributed by atoms with Crippen LogP contribution in [-0.2, 0) is 38.0 Å². The number of aryl methyl sites for hydroxylation is 1. The number of hydrogen-bond donors (Lipinski definition) is 1. The molecule has 0 unspecified atom stereocenters. The van der Waals surface area contributed by atoms with Gasteiger partial charge in [0.15, 0.2) is 0 Å². The van der Waals surface area contributed by atoms with E-state index < -0.39 is 7.60 Å². The second-order valence-corrected chi connectivity index (χ2v) is 11.4. The van der Waals surface area contributed by atoms with E-state index in [1.807, 2.05) is 97.1 Å². The summed E-state index contributed by atoms with van der Waals surface area (Å²) in [6.45, 7) is 0.613. The SMILES string of the molecule is O=C(CP(=O)(OCc1ccccc1)OCc1ccccc1)NCCCc1cccc(Oc2ccc(Cl)cc2)c1. The maximum Gasteiger partial charge on any atom is 0.340 e. The van der Waals surface area contributed by atoms with Crippen molar-refractivity contribution in [2.75, 3.05) is 12.7 Å². The summed E-state index contributed by atoms with van der Waals surface area (Å²) in [5.74, 6) is 1.06. The van der Waals surface area contributed by atoms with Crippen LogP contribution in [0.2, 0.25) is 5.02 Å². The normalized spacial score (nSPS) is 11.2. The van der Waals surface area contributed by atoms with Crippen LogP contribution in [0.4, 0.5) is 0 Å². The van der Waals surface area contributed by atoms with E-state index in [0.717, 1.165) is 28.9 Å². The van der Waals surface area contributed by atoms with Gasteiger partial charge in [0.05, 0.1) is 13.2 Å². The molecule has 0 aliphatic rings. The first kappa shape index (κ1) is 28.6. The summed E-state index contributed by atoms with van der Waals surface area (Å²) < 4.78 is 30.8. The lowest BCUT2D eigenvalue weighted by Crippen LogP contribution is -2.28. The van der Waals surface area contributed by atoms with Crippen molar-refractivity contribution in [3.63, 3.8) is 0 Å². The highest BCUT2D eigenvalue weighted by atomic mass is 35.5. The van der Waals surface area contributed by atoms with Crippen molar-refractivity contribution < 1.29 is 23.1 Å². The van der Waals surface area contributed by atoms with Crippen LogP contribution in [0.25, 0.3) is 0 Å². The molecule has 0 atom stereocenters. The summed E-state index contributed by atoms with van der Waals surface area (Å²) in [5, 5.41) is 3.50. The van der Waals surface area contributed by atoms with E-state index >= 15 is 0 Å². The second-order valence-electron chi connectivity index (χ2n) is 8.94. The molecule has 8 heteroatoms. The van der Waals surface area contributed by atoms with Gasteiger partial charge in [-0.15, -0.1) is 0 Å². The van der Waals surface area contributed by atoms with Crippen LogP contribution >= 0.6 is 19.2 Å². The summed E-state index contributed by atoms with van der Waals surface area (Å²) in [5.41, 5.74) is 2.78. The zero-order chi connectivity index (χ0) is 27.3. The summed E-state index contributed by atoms with van der Waals surface area (Å²) in [4.78, 5) is 12.7. The highest BCUT2D eigenvalue weighted by Crippen LogP contribution is 2.49. The standard InChI is InChI=1S/C31H31ClNO5P/c32-28-16-18-29(19-17-28)38-30-15-7-13-25(21-30)14-8-20-33-31(34)24-39(35,36-22-26-9-3-1-4-10-26)37-23-27-11-5-2-6-12-27/h1-7,9-13,15-19,21H,8,14,20,22-24H2,(H,33,34). The van der Waals surface area contributed by atoms with Crippen molar-refractivity contribution in [2.24, 2.45) is 0 Å². The van der Waals surface area contributed by atoms with Crippen molar-refractivity contribution in [2.45, 2.75) is 26.1 Å². The average Bonchev–Trinajstić information content (AvgIpc) is 2.96. The Morgan fingerprint density at radius 2 is 1.31 bits per heavy atom. The Morgan fingerprint density at radius 3 is 1.92 bits per heavy atom. The largest absolute Gasteiger partial charge is 0.457 e. The Labute approximate surface area is 234 Å². The van der Waals surface area contributed by atoms with Gasteiger partial charge in [0.1, 0.15) is 17.7 Å². The van der Waals surface area contributed by atoms with Gasteiger partial charge in [-0.3, -0.25) is 9.36 Å². The van der Waals surface area contributed by atoms with Crippen molar-refractivity contribution in [1.29, 1.82) is 0 Å². The number of carbonyl (C=O) groups is 1. The number of ether oxygens (including phenoxy) is 1. The maximum absolute atomic E-state index is 13.5. The molecular weight excluding hydrogens is 533 g/mol. The van der Waals surface area contributed by atoms with E-state index in [0.29, 0.717) is 23.7 Å². The fourth-order valence-corrected chi connectivity index (χ4v) is 5.32. The topological polar surface area (TPSA) is 73.9 Å². The zero-order valence-electron chi connectivity index (χ0n) is 21.5. The van der Waals surface area contributed by atoms with Gasteiger partial charge in [-0.1, -0.05) is 84.4 Å². The van der Waals surface area contributed by atoms with Gasteiger partial charge in [0.2, 0.25) is 5.91 Å². The smallest absolute Gasteiger partial charge is 0.340 e. The predicted molar refractivity (Wildman–Crippen MR) is 154 cm³/mol. The zero-order valence-corrected chi connectivity index (χ0v) is 23.2. The highest BCUT2D eigenvalue weighted by molar-refractivity contribution is 7.54. The Hall–Kier alpha value is -3.41. The predicted octanol–water partition coefficient (Wildman–Crippen LogP) is 7.81. The molecule has 0 aromatic heterocycles. The monoisotopic (exact) mass is 563 g/mol. The number of hydrogen-bond acceptors (Lipinski definition) is 5. The molecule has 0 saturated heterocycles. The van der Waals surface area contributed by atoms with E-state index in [9.17, 15) is 9.36 Å². The first-order chi connectivity index (χ1) is 19.0. The van der Waals surface area contributed by atoms with Crippen LogP contribution in [-0.4, -0.2) is 18.6 Å². The lowest BCUT2D eigenvalue weighted by molar-refractivity contribution is -0.118. The van der Waals surface area contributed by atoms with Crippen LogP contribution in [0.5, 0.6) is 11.5 Å². The fraction of sp³-hybridized carbons (Fsp3) is 0.194. The van der Waals surface area contributed by atoms with Crippen LogP contribution in [0.1, 0.15) is 23.1 Å². The molecule has 39 heavy (non-hydrogen) atoms. The van der Waals surface area contributed by atoms with Gasteiger partial charge in [-0.05, 0) is 65.9 Å². The molecule has 0 spiro atoms. The Kier molecular flexibility index (Phi) is 10.8. The van der Waals surface area contributed by atoms with E-state index in [1.54, 1.807) is 12.1 Å². The first-order valence-electron chi connectivity index (χ1n) is 12.7. The summed E-state index contributed by atoms with van der Waals surface area (Å²) in [6, 6.07) is 33.8. The third-order valence-corrected chi connectivity index (χ3v) is 7.76. The van der Waals surface area contributed by atoms with Crippen LogP contribution in [0.15, 0.2) is 109 Å². The number of carbonyl (C=O) groups excluding carboxylic acids is 1. The maximum atomic E-state index is 13.5. The van der Waals surface area contributed by atoms with Gasteiger partial charge >= 0.3 is 7.60 Å². The molecule has 0 heterocycles. The van der Waals surface area contributed by atoms with Gasteiger partial charge < -0.3 is 19.1 Å². The van der Waals surface area contributed by atoms with Crippen molar-refractivity contribution >= 4 is 25.1 Å². The van der Waals surface area contributed by atoms with Gasteiger partial charge in [-0.25, -0.2) is 0 Å². The molecule has 1 N–H and O–H groups in total. The van der Waals surface area contributed by atoms with E-state index in [4.69, 9.17) is 25.4 Å². The molecule has 0 fully saturated rings. The van der Waals surface area contributed by atoms with Crippen molar-refractivity contribution in [3.05, 3.63) is 131 Å².